The van der Waals surface area contributed by atoms with E-state index < -0.39 is 11.4 Å². The first-order chi connectivity index (χ1) is 16.9. The van der Waals surface area contributed by atoms with Crippen molar-refractivity contribution in [3.8, 4) is 0 Å². The molecule has 4 heterocycles. The molecule has 2 aromatic heterocycles. The molecule has 3 unspecified atom stereocenters. The summed E-state index contributed by atoms with van der Waals surface area (Å²) in [7, 11) is 1.34. The first-order valence-electron chi connectivity index (χ1n) is 11.5. The van der Waals surface area contributed by atoms with Gasteiger partial charge in [-0.25, -0.2) is 19.2 Å². The van der Waals surface area contributed by atoms with Crippen LogP contribution in [0.4, 0.5) is 9.18 Å². The van der Waals surface area contributed by atoms with Gasteiger partial charge in [-0.05, 0) is 71.8 Å². The van der Waals surface area contributed by atoms with Crippen molar-refractivity contribution >= 4 is 84.1 Å². The summed E-state index contributed by atoms with van der Waals surface area (Å²) >= 11 is 11.9. The van der Waals surface area contributed by atoms with Crippen molar-refractivity contribution < 1.29 is 23.5 Å². The number of pyridine rings is 1. The summed E-state index contributed by atoms with van der Waals surface area (Å²) in [5, 5.41) is 0.657. The standard InChI is InChI=1S/C24H24BrClFIN4O4/c1-24(2,3)36-23(34)31-9-10-7-13(31)20(10)32-14(5-6-15(33)35-4)29-19-21(32)11-8-12(28)16(25)17(27)18(11)30-22(19)26/h8,10,13,20H,5-7,9H2,1-4H3. The number of hydrogen-bond acceptors (Lipinski definition) is 6. The van der Waals surface area contributed by atoms with Gasteiger partial charge in [0.15, 0.2) is 11.0 Å². The van der Waals surface area contributed by atoms with E-state index >= 15 is 4.39 Å². The molecule has 0 spiro atoms. The van der Waals surface area contributed by atoms with Gasteiger partial charge in [0.25, 0.3) is 0 Å². The molecule has 12 heteroatoms. The number of fused-ring (bicyclic) bond motifs is 4. The average molecular weight is 694 g/mol. The minimum absolute atomic E-state index is 0.0817. The third-order valence-electron chi connectivity index (χ3n) is 6.74. The van der Waals surface area contributed by atoms with Crippen LogP contribution in [0.3, 0.4) is 0 Å². The van der Waals surface area contributed by atoms with Gasteiger partial charge < -0.3 is 18.9 Å². The topological polar surface area (TPSA) is 86.5 Å². The Morgan fingerprint density at radius 3 is 2.69 bits per heavy atom. The molecule has 6 rings (SSSR count). The fourth-order valence-electron chi connectivity index (χ4n) is 5.22. The highest BCUT2D eigenvalue weighted by Crippen LogP contribution is 2.52. The lowest BCUT2D eigenvalue weighted by Gasteiger charge is -2.39. The molecular weight excluding hydrogens is 670 g/mol. The smallest absolute Gasteiger partial charge is 0.410 e. The zero-order chi connectivity index (χ0) is 26.1. The van der Waals surface area contributed by atoms with Gasteiger partial charge in [0.1, 0.15) is 22.5 Å². The zero-order valence-corrected chi connectivity index (χ0v) is 24.6. The van der Waals surface area contributed by atoms with Crippen LogP contribution in [0.2, 0.25) is 5.15 Å². The van der Waals surface area contributed by atoms with E-state index in [1.165, 1.54) is 7.11 Å². The molecule has 3 atom stereocenters. The molecule has 1 aliphatic carbocycles. The number of aromatic nitrogens is 3. The molecule has 1 saturated carbocycles. The number of carbonyl (C=O) groups excluding carboxylic acids is 2. The molecule has 0 N–H and O–H groups in total. The van der Waals surface area contributed by atoms with Crippen LogP contribution in [0.15, 0.2) is 10.5 Å². The maximum Gasteiger partial charge on any atom is 0.410 e. The molecule has 0 radical (unpaired) electrons. The maximum absolute atomic E-state index is 15.3. The van der Waals surface area contributed by atoms with Crippen molar-refractivity contribution in [1.29, 1.82) is 0 Å². The molecule has 3 aromatic rings. The fraction of sp³-hybridized carbons (Fsp3) is 0.500. The van der Waals surface area contributed by atoms with Crippen LogP contribution in [0.5, 0.6) is 0 Å². The van der Waals surface area contributed by atoms with Crippen molar-refractivity contribution in [3.63, 3.8) is 0 Å². The van der Waals surface area contributed by atoms with Crippen LogP contribution in [0.1, 0.15) is 45.5 Å². The summed E-state index contributed by atoms with van der Waals surface area (Å²) in [4.78, 5) is 35.8. The predicted octanol–water partition coefficient (Wildman–Crippen LogP) is 6.03. The molecule has 3 fully saturated rings. The number of esters is 1. The first kappa shape index (κ1) is 25.9. The van der Waals surface area contributed by atoms with Gasteiger partial charge in [0.05, 0.1) is 35.6 Å². The number of nitrogens with zero attached hydrogens (tertiary/aromatic N) is 4. The maximum atomic E-state index is 15.3. The Hall–Kier alpha value is -1.73. The molecular formula is C24H24BrClFIN4O4. The average Bonchev–Trinajstić information content (AvgIpc) is 3.49. The monoisotopic (exact) mass is 692 g/mol. The number of hydrogen-bond donors (Lipinski definition) is 0. The molecule has 1 aromatic carbocycles. The Labute approximate surface area is 234 Å². The number of ether oxygens (including phenoxy) is 2. The lowest BCUT2D eigenvalue weighted by molar-refractivity contribution is -0.140. The Morgan fingerprint density at radius 1 is 1.31 bits per heavy atom. The molecule has 192 valence electrons. The van der Waals surface area contributed by atoms with Gasteiger partial charge in [-0.2, -0.15) is 0 Å². The molecule has 2 aliphatic heterocycles. The van der Waals surface area contributed by atoms with Crippen molar-refractivity contribution in [2.75, 3.05) is 13.7 Å². The Morgan fingerprint density at radius 2 is 2.03 bits per heavy atom. The SMILES string of the molecule is COC(=O)CCc1nc2c(Cl)nc3c(F)c(Br)c(I)cc3c2n1C1C2CC1N(C(=O)OC(C)(C)C)C2. The van der Waals surface area contributed by atoms with E-state index in [0.717, 1.165) is 6.42 Å². The molecule has 3 aliphatic rings. The van der Waals surface area contributed by atoms with E-state index in [-0.39, 0.29) is 47.2 Å². The Bertz CT molecular complexity index is 1430. The first-order valence-corrected chi connectivity index (χ1v) is 13.8. The second-order valence-electron chi connectivity index (χ2n) is 10.1. The lowest BCUT2D eigenvalue weighted by atomic mass is 9.79. The summed E-state index contributed by atoms with van der Waals surface area (Å²) in [5.41, 5.74) is 0.622. The van der Waals surface area contributed by atoms with E-state index in [2.05, 4.69) is 43.5 Å². The van der Waals surface area contributed by atoms with E-state index in [1.54, 1.807) is 4.90 Å². The second kappa shape index (κ2) is 9.23. The summed E-state index contributed by atoms with van der Waals surface area (Å²) < 4.78 is 28.8. The van der Waals surface area contributed by atoms with Gasteiger partial charge >= 0.3 is 12.1 Å². The van der Waals surface area contributed by atoms with Crippen molar-refractivity contribution in [2.45, 2.75) is 57.7 Å². The van der Waals surface area contributed by atoms with Crippen LogP contribution >= 0.6 is 50.1 Å². The minimum atomic E-state index is -0.607. The van der Waals surface area contributed by atoms with Crippen LogP contribution in [-0.2, 0) is 20.7 Å². The zero-order valence-electron chi connectivity index (χ0n) is 20.1. The van der Waals surface area contributed by atoms with Gasteiger partial charge in [-0.3, -0.25) is 4.79 Å². The third-order valence-corrected chi connectivity index (χ3v) is 9.37. The van der Waals surface area contributed by atoms with Crippen molar-refractivity contribution in [2.24, 2.45) is 5.92 Å². The van der Waals surface area contributed by atoms with Crippen LogP contribution in [0, 0.1) is 15.3 Å². The van der Waals surface area contributed by atoms with Crippen molar-refractivity contribution in [1.82, 2.24) is 19.4 Å². The molecule has 8 nitrogen and oxygen atoms in total. The highest BCUT2D eigenvalue weighted by molar-refractivity contribution is 14.1. The highest BCUT2D eigenvalue weighted by atomic mass is 127. The summed E-state index contributed by atoms with van der Waals surface area (Å²) in [6.45, 7) is 6.07. The van der Waals surface area contributed by atoms with Gasteiger partial charge in [0.2, 0.25) is 0 Å². The summed E-state index contributed by atoms with van der Waals surface area (Å²) in [5.74, 6) is -0.0791. The van der Waals surface area contributed by atoms with Gasteiger partial charge in [-0.15, -0.1) is 0 Å². The van der Waals surface area contributed by atoms with Gasteiger partial charge in [0, 0.05) is 27.8 Å². The van der Waals surface area contributed by atoms with Crippen LogP contribution < -0.4 is 0 Å². The van der Waals surface area contributed by atoms with Crippen LogP contribution in [-0.4, -0.2) is 56.8 Å². The number of aryl methyl sites for hydroxylation is 1. The number of methoxy groups -OCH3 is 1. The van der Waals surface area contributed by atoms with Gasteiger partial charge in [-0.1, -0.05) is 11.6 Å². The molecule has 36 heavy (non-hydrogen) atoms. The second-order valence-corrected chi connectivity index (χ2v) is 12.5. The van der Waals surface area contributed by atoms with E-state index in [1.807, 2.05) is 31.4 Å². The fourth-order valence-corrected chi connectivity index (χ4v) is 6.29. The lowest BCUT2D eigenvalue weighted by Crippen LogP contribution is -2.44. The number of benzene rings is 1. The molecule has 2 saturated heterocycles. The highest BCUT2D eigenvalue weighted by Gasteiger charge is 2.56. The Balaban J connectivity index is 1.68. The number of rotatable bonds is 4. The normalized spacial score (nSPS) is 21.2. The molecule has 1 amide bonds. The number of amides is 1. The third kappa shape index (κ3) is 4.24. The van der Waals surface area contributed by atoms with E-state index in [9.17, 15) is 9.59 Å². The predicted molar refractivity (Wildman–Crippen MR) is 145 cm³/mol. The summed E-state index contributed by atoms with van der Waals surface area (Å²) in [6.07, 6.45) is 0.899. The summed E-state index contributed by atoms with van der Waals surface area (Å²) in [6, 6.07) is 1.63. The number of imidazole rings is 1. The van der Waals surface area contributed by atoms with Crippen LogP contribution in [0.25, 0.3) is 21.9 Å². The minimum Gasteiger partial charge on any atom is -0.469 e. The van der Waals surface area contributed by atoms with E-state index in [4.69, 9.17) is 26.1 Å². The van der Waals surface area contributed by atoms with Crippen molar-refractivity contribution in [3.05, 3.63) is 30.9 Å². The Kier molecular flexibility index (Phi) is 6.64. The number of halogens is 4. The number of carbonyl (C=O) groups is 2. The molecule has 2 bridgehead atoms. The quantitative estimate of drug-likeness (QED) is 0.144. The largest absolute Gasteiger partial charge is 0.469 e. The van der Waals surface area contributed by atoms with E-state index in [0.29, 0.717) is 43.3 Å².